The Balaban J connectivity index is 1.90. The van der Waals surface area contributed by atoms with Gasteiger partial charge in [-0.05, 0) is 35.7 Å². The summed E-state index contributed by atoms with van der Waals surface area (Å²) in [6.45, 7) is 4.41. The van der Waals surface area contributed by atoms with E-state index in [0.717, 1.165) is 11.4 Å². The van der Waals surface area contributed by atoms with Gasteiger partial charge in [0.25, 0.3) is 0 Å². The van der Waals surface area contributed by atoms with Crippen molar-refractivity contribution in [1.82, 2.24) is 0 Å². The normalized spacial score (nSPS) is 10.4. The monoisotopic (exact) mass is 310 g/mol. The molecule has 0 aromatic heterocycles. The van der Waals surface area contributed by atoms with E-state index in [9.17, 15) is 4.79 Å². The van der Waals surface area contributed by atoms with Gasteiger partial charge in [-0.3, -0.25) is 10.2 Å². The second-order valence-corrected chi connectivity index (χ2v) is 5.67. The van der Waals surface area contributed by atoms with Crippen LogP contribution in [0.1, 0.15) is 30.9 Å². The van der Waals surface area contributed by atoms with Crippen LogP contribution in [0.5, 0.6) is 0 Å². The first kappa shape index (κ1) is 16.5. The smallest absolute Gasteiger partial charge is 0.243 e. The minimum absolute atomic E-state index is 0.00310. The topological polar surface area (TPSA) is 91.0 Å². The van der Waals surface area contributed by atoms with Crippen molar-refractivity contribution in [3.05, 3.63) is 59.7 Å². The zero-order valence-corrected chi connectivity index (χ0v) is 13.4. The van der Waals surface area contributed by atoms with Crippen molar-refractivity contribution in [2.75, 3.05) is 17.2 Å². The molecule has 1 amide bonds. The maximum atomic E-state index is 12.0. The lowest BCUT2D eigenvalue weighted by molar-refractivity contribution is -0.114. The van der Waals surface area contributed by atoms with Gasteiger partial charge in [0.05, 0.1) is 6.54 Å². The molecular formula is C18H22N4O. The van der Waals surface area contributed by atoms with Crippen molar-refractivity contribution in [2.24, 2.45) is 5.73 Å². The number of amidine groups is 1. The van der Waals surface area contributed by atoms with Gasteiger partial charge in [0.1, 0.15) is 5.84 Å². The Kier molecular flexibility index (Phi) is 5.36. The number of hydrogen-bond acceptors (Lipinski definition) is 3. The van der Waals surface area contributed by atoms with E-state index < -0.39 is 0 Å². The molecule has 0 atom stereocenters. The van der Waals surface area contributed by atoms with Crippen LogP contribution >= 0.6 is 0 Å². The van der Waals surface area contributed by atoms with E-state index in [1.165, 1.54) is 5.56 Å². The van der Waals surface area contributed by atoms with Crippen LogP contribution in [0.2, 0.25) is 0 Å². The molecule has 0 saturated heterocycles. The molecule has 5 heteroatoms. The number of rotatable bonds is 6. The van der Waals surface area contributed by atoms with Gasteiger partial charge in [0, 0.05) is 16.9 Å². The first-order valence-corrected chi connectivity index (χ1v) is 7.54. The summed E-state index contributed by atoms with van der Waals surface area (Å²) in [5.41, 5.74) is 8.84. The number of hydrogen-bond donors (Lipinski definition) is 4. The first-order chi connectivity index (χ1) is 11.0. The molecule has 0 radical (unpaired) electrons. The van der Waals surface area contributed by atoms with Crippen LogP contribution in [0.15, 0.2) is 48.5 Å². The summed E-state index contributed by atoms with van der Waals surface area (Å²) in [7, 11) is 0. The number of carbonyl (C=O) groups is 1. The Hall–Kier alpha value is -2.82. The van der Waals surface area contributed by atoms with Gasteiger partial charge in [-0.25, -0.2) is 0 Å². The number of benzene rings is 2. The van der Waals surface area contributed by atoms with Gasteiger partial charge < -0.3 is 16.4 Å². The van der Waals surface area contributed by atoms with Gasteiger partial charge in [-0.15, -0.1) is 0 Å². The van der Waals surface area contributed by atoms with E-state index in [4.69, 9.17) is 11.1 Å². The van der Waals surface area contributed by atoms with E-state index in [1.54, 1.807) is 18.2 Å². The van der Waals surface area contributed by atoms with Gasteiger partial charge in [-0.2, -0.15) is 0 Å². The number of anilines is 2. The number of nitrogen functional groups attached to an aromatic ring is 1. The van der Waals surface area contributed by atoms with E-state index in [1.807, 2.05) is 30.3 Å². The summed E-state index contributed by atoms with van der Waals surface area (Å²) in [4.78, 5) is 12.0. The predicted molar refractivity (Wildman–Crippen MR) is 95.1 cm³/mol. The molecule has 0 fully saturated rings. The Labute approximate surface area is 136 Å². The molecule has 0 aliphatic rings. The fraction of sp³-hybridized carbons (Fsp3) is 0.222. The lowest BCUT2D eigenvalue weighted by atomic mass is 10.0. The van der Waals surface area contributed by atoms with Gasteiger partial charge in [-0.1, -0.05) is 38.1 Å². The third kappa shape index (κ3) is 4.85. The maximum Gasteiger partial charge on any atom is 0.243 e. The largest absolute Gasteiger partial charge is 0.384 e. The van der Waals surface area contributed by atoms with Crippen LogP contribution in [-0.2, 0) is 4.79 Å². The predicted octanol–water partition coefficient (Wildman–Crippen LogP) is 3.14. The fourth-order valence-corrected chi connectivity index (χ4v) is 2.14. The third-order valence-electron chi connectivity index (χ3n) is 3.49. The fourth-order valence-electron chi connectivity index (χ4n) is 2.14. The Morgan fingerprint density at radius 3 is 2.43 bits per heavy atom. The molecule has 23 heavy (non-hydrogen) atoms. The lowest BCUT2D eigenvalue weighted by Gasteiger charge is -2.10. The highest BCUT2D eigenvalue weighted by Gasteiger charge is 2.04. The second-order valence-electron chi connectivity index (χ2n) is 5.67. The van der Waals surface area contributed by atoms with Crippen LogP contribution in [-0.4, -0.2) is 18.3 Å². The summed E-state index contributed by atoms with van der Waals surface area (Å²) in [5, 5.41) is 13.3. The van der Waals surface area contributed by atoms with Crippen molar-refractivity contribution in [1.29, 1.82) is 5.41 Å². The zero-order chi connectivity index (χ0) is 16.8. The van der Waals surface area contributed by atoms with E-state index in [-0.39, 0.29) is 18.3 Å². The quantitative estimate of drug-likeness (QED) is 0.488. The van der Waals surface area contributed by atoms with Crippen molar-refractivity contribution in [2.45, 2.75) is 19.8 Å². The summed E-state index contributed by atoms with van der Waals surface area (Å²) < 4.78 is 0. The zero-order valence-electron chi connectivity index (χ0n) is 13.4. The van der Waals surface area contributed by atoms with Crippen LogP contribution in [0.4, 0.5) is 11.4 Å². The summed E-state index contributed by atoms with van der Waals surface area (Å²) in [6.07, 6.45) is 0. The molecule has 120 valence electrons. The van der Waals surface area contributed by atoms with E-state index in [2.05, 4.69) is 24.5 Å². The Morgan fingerprint density at radius 2 is 1.83 bits per heavy atom. The molecule has 0 aliphatic carbocycles. The highest BCUT2D eigenvalue weighted by molar-refractivity contribution is 5.96. The first-order valence-electron chi connectivity index (χ1n) is 7.54. The summed E-state index contributed by atoms with van der Waals surface area (Å²) in [5.74, 6) is 0.342. The minimum atomic E-state index is -0.129. The van der Waals surface area contributed by atoms with Crippen molar-refractivity contribution < 1.29 is 4.79 Å². The molecule has 2 aromatic rings. The molecule has 0 aliphatic heterocycles. The van der Waals surface area contributed by atoms with Crippen LogP contribution in [0.25, 0.3) is 0 Å². The van der Waals surface area contributed by atoms with Crippen molar-refractivity contribution >= 4 is 23.1 Å². The van der Waals surface area contributed by atoms with Crippen LogP contribution in [0.3, 0.4) is 0 Å². The van der Waals surface area contributed by atoms with Gasteiger partial charge >= 0.3 is 0 Å². The molecule has 5 nitrogen and oxygen atoms in total. The molecule has 0 bridgehead atoms. The molecular weight excluding hydrogens is 288 g/mol. The van der Waals surface area contributed by atoms with E-state index in [0.29, 0.717) is 11.5 Å². The van der Waals surface area contributed by atoms with Crippen LogP contribution < -0.4 is 16.4 Å². The number of carbonyl (C=O) groups excluding carboxylic acids is 1. The molecule has 0 unspecified atom stereocenters. The van der Waals surface area contributed by atoms with Gasteiger partial charge in [0.15, 0.2) is 0 Å². The summed E-state index contributed by atoms with van der Waals surface area (Å²) >= 11 is 0. The second kappa shape index (κ2) is 7.45. The molecule has 2 rings (SSSR count). The van der Waals surface area contributed by atoms with Crippen molar-refractivity contribution in [3.8, 4) is 0 Å². The van der Waals surface area contributed by atoms with Crippen molar-refractivity contribution in [3.63, 3.8) is 0 Å². The van der Waals surface area contributed by atoms with Gasteiger partial charge in [0.2, 0.25) is 5.91 Å². The molecule has 0 spiro atoms. The minimum Gasteiger partial charge on any atom is -0.384 e. The van der Waals surface area contributed by atoms with Crippen LogP contribution in [0, 0.1) is 5.41 Å². The number of amides is 1. The highest BCUT2D eigenvalue weighted by Crippen LogP contribution is 2.17. The lowest BCUT2D eigenvalue weighted by Crippen LogP contribution is -2.22. The van der Waals surface area contributed by atoms with E-state index >= 15 is 0 Å². The number of nitrogens with two attached hydrogens (primary N) is 1. The molecule has 5 N–H and O–H groups in total. The Morgan fingerprint density at radius 1 is 1.13 bits per heavy atom. The average molecular weight is 310 g/mol. The standard InChI is InChI=1S/C18H22N4O/c1-12(2)13-6-8-15(9-7-13)22-17(23)11-21-16-5-3-4-14(10-16)18(19)20/h3-10,12,21H,11H2,1-2H3,(H3,19,20)(H,22,23). The third-order valence-corrected chi connectivity index (χ3v) is 3.49. The molecule has 2 aromatic carbocycles. The molecule has 0 heterocycles. The summed E-state index contributed by atoms with van der Waals surface area (Å²) in [6, 6.07) is 15.0. The number of nitrogens with one attached hydrogen (secondary N) is 3. The Bertz CT molecular complexity index is 692. The average Bonchev–Trinajstić information content (AvgIpc) is 2.53. The highest BCUT2D eigenvalue weighted by atomic mass is 16.1. The molecule has 0 saturated carbocycles. The maximum absolute atomic E-state index is 12.0. The SMILES string of the molecule is CC(C)c1ccc(NC(=O)CNc2cccc(C(=N)N)c2)cc1.